The fourth-order valence-corrected chi connectivity index (χ4v) is 2.05. The van der Waals surface area contributed by atoms with Crippen LogP contribution in [0, 0.1) is 6.92 Å². The minimum absolute atomic E-state index is 0.0740. The molecule has 2 rings (SSSR count). The van der Waals surface area contributed by atoms with Gasteiger partial charge < -0.3 is 15.2 Å². The summed E-state index contributed by atoms with van der Waals surface area (Å²) in [7, 11) is 1.87. The maximum atomic E-state index is 12.1. The van der Waals surface area contributed by atoms with Crippen LogP contribution in [0.2, 0.25) is 0 Å². The molecule has 1 heterocycles. The number of halogens is 2. The molecule has 2 N–H and O–H groups in total. The van der Waals surface area contributed by atoms with E-state index in [2.05, 4.69) is 15.2 Å². The molecule has 0 radical (unpaired) electrons. The van der Waals surface area contributed by atoms with Gasteiger partial charge in [-0.05, 0) is 24.6 Å². The third-order valence-corrected chi connectivity index (χ3v) is 3.48. The summed E-state index contributed by atoms with van der Waals surface area (Å²) < 4.78 is 30.2. The second-order valence-electron chi connectivity index (χ2n) is 4.97. The minimum Gasteiger partial charge on any atom is -0.435 e. The molecule has 0 saturated carbocycles. The molecule has 0 fully saturated rings. The van der Waals surface area contributed by atoms with Crippen molar-refractivity contribution in [2.75, 3.05) is 6.54 Å². The molecule has 0 aliphatic heterocycles. The molecule has 0 aliphatic carbocycles. The highest BCUT2D eigenvalue weighted by Gasteiger charge is 2.10. The molecular formula is C15H19F2N3O2. The van der Waals surface area contributed by atoms with Gasteiger partial charge in [0, 0.05) is 31.4 Å². The van der Waals surface area contributed by atoms with E-state index in [4.69, 9.17) is 0 Å². The van der Waals surface area contributed by atoms with E-state index in [0.29, 0.717) is 18.7 Å². The van der Waals surface area contributed by atoms with Crippen LogP contribution in [-0.4, -0.2) is 28.0 Å². The van der Waals surface area contributed by atoms with E-state index in [0.717, 1.165) is 11.3 Å². The molecule has 0 aliphatic rings. The van der Waals surface area contributed by atoms with Gasteiger partial charge in [0.05, 0.1) is 12.3 Å². The molecular weight excluding hydrogens is 292 g/mol. The lowest BCUT2D eigenvalue weighted by atomic mass is 10.1. The van der Waals surface area contributed by atoms with Gasteiger partial charge in [0.15, 0.2) is 0 Å². The van der Waals surface area contributed by atoms with Crippen molar-refractivity contribution in [3.63, 3.8) is 0 Å². The molecule has 7 heteroatoms. The molecule has 0 amide bonds. The van der Waals surface area contributed by atoms with Crippen LogP contribution < -0.4 is 10.1 Å². The number of nitrogens with one attached hydrogen (secondary N) is 1. The van der Waals surface area contributed by atoms with Gasteiger partial charge in [-0.25, -0.2) is 0 Å². The van der Waals surface area contributed by atoms with Crippen molar-refractivity contribution in [2.24, 2.45) is 7.05 Å². The van der Waals surface area contributed by atoms with E-state index in [-0.39, 0.29) is 5.75 Å². The zero-order chi connectivity index (χ0) is 16.1. The summed E-state index contributed by atoms with van der Waals surface area (Å²) in [6, 6.07) is 5.96. The number of alkyl halides is 2. The van der Waals surface area contributed by atoms with Crippen LogP contribution in [0.1, 0.15) is 22.9 Å². The van der Waals surface area contributed by atoms with Gasteiger partial charge in [-0.3, -0.25) is 4.68 Å². The average Bonchev–Trinajstić information content (AvgIpc) is 2.79. The molecule has 1 unspecified atom stereocenters. The van der Waals surface area contributed by atoms with E-state index in [1.807, 2.05) is 14.0 Å². The van der Waals surface area contributed by atoms with Gasteiger partial charge in [0.1, 0.15) is 5.75 Å². The Morgan fingerprint density at radius 3 is 2.55 bits per heavy atom. The fourth-order valence-electron chi connectivity index (χ4n) is 2.05. The number of aryl methyl sites for hydroxylation is 1. The normalized spacial score (nSPS) is 12.6. The Balaban J connectivity index is 1.84. The Kier molecular flexibility index (Phi) is 5.46. The van der Waals surface area contributed by atoms with Crippen molar-refractivity contribution in [1.82, 2.24) is 15.1 Å². The number of benzene rings is 1. The molecule has 0 spiro atoms. The fraction of sp³-hybridized carbons (Fsp3) is 0.400. The Morgan fingerprint density at radius 1 is 1.32 bits per heavy atom. The maximum absolute atomic E-state index is 12.1. The van der Waals surface area contributed by atoms with Crippen LogP contribution in [0.5, 0.6) is 5.75 Å². The van der Waals surface area contributed by atoms with Gasteiger partial charge in [-0.2, -0.15) is 13.9 Å². The highest BCUT2D eigenvalue weighted by atomic mass is 19.3. The maximum Gasteiger partial charge on any atom is 0.387 e. The van der Waals surface area contributed by atoms with Gasteiger partial charge in [-0.15, -0.1) is 0 Å². The number of nitrogens with zero attached hydrogens (tertiary/aromatic N) is 2. The summed E-state index contributed by atoms with van der Waals surface area (Å²) in [6.07, 6.45) is 1.06. The first-order valence-corrected chi connectivity index (χ1v) is 6.88. The largest absolute Gasteiger partial charge is 0.435 e. The molecule has 0 saturated heterocycles. The summed E-state index contributed by atoms with van der Waals surface area (Å²) in [6.45, 7) is 0.0784. The summed E-state index contributed by atoms with van der Waals surface area (Å²) in [5, 5.41) is 17.4. The third-order valence-electron chi connectivity index (χ3n) is 3.48. The summed E-state index contributed by atoms with van der Waals surface area (Å²) in [5.41, 5.74) is 2.77. The summed E-state index contributed by atoms with van der Waals surface area (Å²) in [4.78, 5) is 0. The predicted octanol–water partition coefficient (Wildman–Crippen LogP) is 2.15. The van der Waals surface area contributed by atoms with Gasteiger partial charge in [0.2, 0.25) is 0 Å². The molecule has 5 nitrogen and oxygen atoms in total. The molecule has 2 aromatic rings. The van der Waals surface area contributed by atoms with Crippen LogP contribution >= 0.6 is 0 Å². The van der Waals surface area contributed by atoms with E-state index in [1.165, 1.54) is 12.1 Å². The molecule has 120 valence electrons. The second-order valence-corrected chi connectivity index (χ2v) is 4.97. The highest BCUT2D eigenvalue weighted by Crippen LogP contribution is 2.19. The minimum atomic E-state index is -2.85. The number of rotatable bonds is 7. The smallest absolute Gasteiger partial charge is 0.387 e. The Bertz CT molecular complexity index is 599. The zero-order valence-electron chi connectivity index (χ0n) is 12.5. The number of aliphatic hydroxyl groups excluding tert-OH is 1. The Labute approximate surface area is 127 Å². The van der Waals surface area contributed by atoms with Gasteiger partial charge in [-0.1, -0.05) is 12.1 Å². The van der Waals surface area contributed by atoms with Crippen molar-refractivity contribution >= 4 is 0 Å². The average molecular weight is 311 g/mol. The number of ether oxygens (including phenoxy) is 1. The second kappa shape index (κ2) is 7.33. The van der Waals surface area contributed by atoms with Crippen LogP contribution in [0.15, 0.2) is 30.5 Å². The van der Waals surface area contributed by atoms with Crippen molar-refractivity contribution in [2.45, 2.75) is 26.2 Å². The standard InChI is InChI=1S/C15H19F2N3O2/c1-10-12(8-19-20(10)2)7-18-9-14(21)11-3-5-13(6-4-11)22-15(16)17/h3-6,8,14-15,18,21H,7,9H2,1-2H3. The first-order chi connectivity index (χ1) is 10.5. The van der Waals surface area contributed by atoms with E-state index >= 15 is 0 Å². The van der Waals surface area contributed by atoms with E-state index in [9.17, 15) is 13.9 Å². The van der Waals surface area contributed by atoms with Crippen LogP contribution in [-0.2, 0) is 13.6 Å². The topological polar surface area (TPSA) is 59.3 Å². The molecule has 22 heavy (non-hydrogen) atoms. The van der Waals surface area contributed by atoms with Crippen molar-refractivity contribution in [3.8, 4) is 5.75 Å². The number of hydrogen-bond donors (Lipinski definition) is 2. The summed E-state index contributed by atoms with van der Waals surface area (Å²) >= 11 is 0. The SMILES string of the molecule is Cc1c(CNCC(O)c2ccc(OC(F)F)cc2)cnn1C. The lowest BCUT2D eigenvalue weighted by Gasteiger charge is -2.13. The first-order valence-electron chi connectivity index (χ1n) is 6.88. The quantitative estimate of drug-likeness (QED) is 0.822. The number of aliphatic hydroxyl groups is 1. The zero-order valence-corrected chi connectivity index (χ0v) is 12.5. The predicted molar refractivity (Wildman–Crippen MR) is 77.7 cm³/mol. The summed E-state index contributed by atoms with van der Waals surface area (Å²) in [5.74, 6) is 0.0740. The van der Waals surface area contributed by atoms with Gasteiger partial charge >= 0.3 is 6.61 Å². The van der Waals surface area contributed by atoms with Crippen molar-refractivity contribution in [3.05, 3.63) is 47.3 Å². The molecule has 0 bridgehead atoms. The van der Waals surface area contributed by atoms with Gasteiger partial charge in [0.25, 0.3) is 0 Å². The lowest BCUT2D eigenvalue weighted by Crippen LogP contribution is -2.21. The molecule has 1 aromatic carbocycles. The third kappa shape index (κ3) is 4.25. The van der Waals surface area contributed by atoms with E-state index < -0.39 is 12.7 Å². The molecule has 1 atom stereocenters. The number of aromatic nitrogens is 2. The Morgan fingerprint density at radius 2 is 2.00 bits per heavy atom. The monoisotopic (exact) mass is 311 g/mol. The number of hydrogen-bond acceptors (Lipinski definition) is 4. The molecule has 1 aromatic heterocycles. The first kappa shape index (κ1) is 16.4. The van der Waals surface area contributed by atoms with Crippen molar-refractivity contribution < 1.29 is 18.6 Å². The van der Waals surface area contributed by atoms with Crippen LogP contribution in [0.4, 0.5) is 8.78 Å². The van der Waals surface area contributed by atoms with E-state index in [1.54, 1.807) is 23.0 Å². The van der Waals surface area contributed by atoms with Crippen molar-refractivity contribution in [1.29, 1.82) is 0 Å². The van der Waals surface area contributed by atoms with Crippen LogP contribution in [0.3, 0.4) is 0 Å². The lowest BCUT2D eigenvalue weighted by molar-refractivity contribution is -0.0498. The Hall–Kier alpha value is -1.99. The highest BCUT2D eigenvalue weighted by molar-refractivity contribution is 5.28. The van der Waals surface area contributed by atoms with Crippen LogP contribution in [0.25, 0.3) is 0 Å².